The molecule has 0 amide bonds. The van der Waals surface area contributed by atoms with Gasteiger partial charge >= 0.3 is 0 Å². The summed E-state index contributed by atoms with van der Waals surface area (Å²) in [5.74, 6) is 0.339. The molecule has 0 saturated heterocycles. The summed E-state index contributed by atoms with van der Waals surface area (Å²) in [6, 6.07) is 5.70. The van der Waals surface area contributed by atoms with Crippen molar-refractivity contribution >= 4 is 0 Å². The molecule has 1 rings (SSSR count). The van der Waals surface area contributed by atoms with Crippen molar-refractivity contribution in [2.75, 3.05) is 0 Å². The molecule has 0 aliphatic heterocycles. The van der Waals surface area contributed by atoms with Crippen molar-refractivity contribution in [2.45, 2.75) is 0 Å². The van der Waals surface area contributed by atoms with Gasteiger partial charge in [0.25, 0.3) is 0 Å². The van der Waals surface area contributed by atoms with Gasteiger partial charge in [0, 0.05) is 27.3 Å². The summed E-state index contributed by atoms with van der Waals surface area (Å²) in [6.45, 7) is 0. The van der Waals surface area contributed by atoms with Crippen molar-refractivity contribution in [3.63, 3.8) is 0 Å². The van der Waals surface area contributed by atoms with Gasteiger partial charge in [0.2, 0.25) is 0 Å². The summed E-state index contributed by atoms with van der Waals surface area (Å²) in [7, 11) is 0. The second-order valence-electron chi connectivity index (χ2n) is 1.52. The van der Waals surface area contributed by atoms with E-state index in [0.29, 0.717) is 0 Å². The molecule has 9 heavy (non-hydrogen) atoms. The van der Waals surface area contributed by atoms with Crippen molar-refractivity contribution < 1.29 is 37.5 Å². The molecule has 1 aromatic rings. The van der Waals surface area contributed by atoms with Gasteiger partial charge in [-0.3, -0.25) is 0 Å². The van der Waals surface area contributed by atoms with E-state index in [1.165, 1.54) is 24.3 Å². The summed E-state index contributed by atoms with van der Waals surface area (Å²) < 4.78 is 0. The maximum Gasteiger partial charge on any atom is 0.115 e. The van der Waals surface area contributed by atoms with E-state index in [-0.39, 0.29) is 38.8 Å². The fraction of sp³-hybridized carbons (Fsp3) is 0. The van der Waals surface area contributed by atoms with Gasteiger partial charge in [-0.05, 0) is 24.3 Å². The van der Waals surface area contributed by atoms with E-state index >= 15 is 0 Å². The van der Waals surface area contributed by atoms with E-state index in [4.69, 9.17) is 10.2 Å². The molecular formula is C6H6CdO2. The smallest absolute Gasteiger partial charge is 0.115 e. The maximum absolute atomic E-state index is 8.65. The number of benzene rings is 1. The largest absolute Gasteiger partial charge is 0.508 e. The molecule has 0 radical (unpaired) electrons. The number of aromatic hydroxyl groups is 2. The van der Waals surface area contributed by atoms with Gasteiger partial charge in [0.15, 0.2) is 0 Å². The minimum absolute atomic E-state index is 0. The summed E-state index contributed by atoms with van der Waals surface area (Å²) in [4.78, 5) is 0. The first-order chi connectivity index (χ1) is 3.79. The first kappa shape index (κ1) is 8.74. The van der Waals surface area contributed by atoms with Crippen LogP contribution in [-0.2, 0) is 27.3 Å². The Balaban J connectivity index is 0.000000640. The third-order valence-electron chi connectivity index (χ3n) is 0.850. The van der Waals surface area contributed by atoms with Crippen LogP contribution in [0.25, 0.3) is 0 Å². The molecule has 0 atom stereocenters. The predicted octanol–water partition coefficient (Wildman–Crippen LogP) is 1.10. The molecule has 2 N–H and O–H groups in total. The molecular weight excluding hydrogens is 216 g/mol. The van der Waals surface area contributed by atoms with Crippen LogP contribution in [0.15, 0.2) is 24.3 Å². The number of rotatable bonds is 0. The van der Waals surface area contributed by atoms with Crippen LogP contribution < -0.4 is 0 Å². The van der Waals surface area contributed by atoms with Gasteiger partial charge in [-0.2, -0.15) is 0 Å². The van der Waals surface area contributed by atoms with Gasteiger partial charge in [0.1, 0.15) is 11.5 Å². The molecule has 0 aliphatic rings. The van der Waals surface area contributed by atoms with Crippen LogP contribution in [0.5, 0.6) is 11.5 Å². The van der Waals surface area contributed by atoms with Gasteiger partial charge in [0.05, 0.1) is 0 Å². The Morgan fingerprint density at radius 3 is 1.22 bits per heavy atom. The average Bonchev–Trinajstić information content (AvgIpc) is 1.77. The van der Waals surface area contributed by atoms with Crippen LogP contribution in [0.3, 0.4) is 0 Å². The Kier molecular flexibility index (Phi) is 3.60. The van der Waals surface area contributed by atoms with Crippen molar-refractivity contribution in [3.8, 4) is 11.5 Å². The standard InChI is InChI=1S/C6H6O2.Cd/c7-5-1-2-6(8)4-3-5;/h1-4,7-8H;. The van der Waals surface area contributed by atoms with Gasteiger partial charge in [-0.25, -0.2) is 0 Å². The van der Waals surface area contributed by atoms with E-state index in [2.05, 4.69) is 0 Å². The van der Waals surface area contributed by atoms with Gasteiger partial charge in [-0.15, -0.1) is 0 Å². The molecule has 0 fully saturated rings. The van der Waals surface area contributed by atoms with Crippen LogP contribution >= 0.6 is 0 Å². The molecule has 3 heteroatoms. The minimum atomic E-state index is 0. The van der Waals surface area contributed by atoms with Crippen LogP contribution in [-0.4, -0.2) is 10.2 Å². The Labute approximate surface area is 73.3 Å². The van der Waals surface area contributed by atoms with Gasteiger partial charge in [-0.1, -0.05) is 0 Å². The molecule has 0 bridgehead atoms. The first-order valence-corrected chi connectivity index (χ1v) is 2.27. The van der Waals surface area contributed by atoms with Crippen molar-refractivity contribution in [1.29, 1.82) is 0 Å². The van der Waals surface area contributed by atoms with E-state index in [1.54, 1.807) is 0 Å². The molecule has 1 aromatic carbocycles. The second-order valence-corrected chi connectivity index (χ2v) is 1.52. The first-order valence-electron chi connectivity index (χ1n) is 2.27. The fourth-order valence-electron chi connectivity index (χ4n) is 0.453. The second kappa shape index (κ2) is 3.71. The summed E-state index contributed by atoms with van der Waals surface area (Å²) in [5, 5.41) is 17.3. The Bertz CT molecular complexity index is 150. The minimum Gasteiger partial charge on any atom is -0.508 e. The zero-order valence-corrected chi connectivity index (χ0v) is 8.95. The van der Waals surface area contributed by atoms with E-state index < -0.39 is 0 Å². The summed E-state index contributed by atoms with van der Waals surface area (Å²) >= 11 is 0. The van der Waals surface area contributed by atoms with Crippen molar-refractivity contribution in [1.82, 2.24) is 0 Å². The third-order valence-corrected chi connectivity index (χ3v) is 0.850. The number of hydrogen-bond donors (Lipinski definition) is 2. The monoisotopic (exact) mass is 224 g/mol. The van der Waals surface area contributed by atoms with Crippen molar-refractivity contribution in [3.05, 3.63) is 24.3 Å². The van der Waals surface area contributed by atoms with Crippen LogP contribution in [0.2, 0.25) is 0 Å². The topological polar surface area (TPSA) is 40.5 Å². The fourth-order valence-corrected chi connectivity index (χ4v) is 0.453. The third kappa shape index (κ3) is 2.69. The molecule has 2 nitrogen and oxygen atoms in total. The van der Waals surface area contributed by atoms with E-state index in [9.17, 15) is 0 Å². The van der Waals surface area contributed by atoms with Gasteiger partial charge < -0.3 is 10.2 Å². The SMILES string of the molecule is Oc1ccc(O)cc1.[Cd]. The predicted molar refractivity (Wildman–Crippen MR) is 29.8 cm³/mol. The maximum atomic E-state index is 8.65. The zero-order chi connectivity index (χ0) is 5.98. The Morgan fingerprint density at radius 2 is 1.00 bits per heavy atom. The number of phenolic OH excluding ortho intramolecular Hbond substituents is 2. The molecule has 0 spiro atoms. The average molecular weight is 223 g/mol. The molecule has 0 unspecified atom stereocenters. The van der Waals surface area contributed by atoms with Crippen LogP contribution in [0.4, 0.5) is 0 Å². The Hall–Kier alpha value is -0.258. The number of phenols is 2. The van der Waals surface area contributed by atoms with Crippen molar-refractivity contribution in [2.24, 2.45) is 0 Å². The normalized spacial score (nSPS) is 8.00. The van der Waals surface area contributed by atoms with E-state index in [0.717, 1.165) is 0 Å². The molecule has 0 aliphatic carbocycles. The van der Waals surface area contributed by atoms with Crippen LogP contribution in [0.1, 0.15) is 0 Å². The molecule has 44 valence electrons. The molecule has 0 heterocycles. The summed E-state index contributed by atoms with van der Waals surface area (Å²) in [5.41, 5.74) is 0. The zero-order valence-electron chi connectivity index (χ0n) is 4.91. The van der Waals surface area contributed by atoms with Crippen LogP contribution in [0, 0.1) is 0 Å². The molecule has 0 saturated carbocycles. The van der Waals surface area contributed by atoms with E-state index in [1.807, 2.05) is 0 Å². The summed E-state index contributed by atoms with van der Waals surface area (Å²) in [6.07, 6.45) is 0. The molecule has 0 aromatic heterocycles. The Morgan fingerprint density at radius 1 is 0.778 bits per heavy atom. The quantitative estimate of drug-likeness (QED) is 0.510. The number of hydrogen-bond acceptors (Lipinski definition) is 2.